The topological polar surface area (TPSA) is 8.17 Å². The van der Waals surface area contributed by atoms with Gasteiger partial charge >= 0.3 is 0 Å². The molecule has 0 fully saturated rings. The van der Waals surface area contributed by atoms with Crippen molar-refractivity contribution in [1.82, 2.24) is 4.57 Å². The van der Waals surface area contributed by atoms with Crippen LogP contribution in [-0.2, 0) is 5.41 Å². The van der Waals surface area contributed by atoms with Gasteiger partial charge in [0.25, 0.3) is 0 Å². The molecule has 3 heteroatoms. The molecule has 0 N–H and O–H groups in total. The molecule has 1 aliphatic rings. The Morgan fingerprint density at radius 3 is 1.74 bits per heavy atom. The molecule has 11 aromatic rings. The van der Waals surface area contributed by atoms with Crippen molar-refractivity contribution in [3.63, 3.8) is 0 Å². The first kappa shape index (κ1) is 36.6. The van der Waals surface area contributed by atoms with Gasteiger partial charge in [0, 0.05) is 59.1 Å². The summed E-state index contributed by atoms with van der Waals surface area (Å²) in [6.45, 7) is 9.07. The van der Waals surface area contributed by atoms with Crippen LogP contribution in [0.15, 0.2) is 194 Å². The van der Waals surface area contributed by atoms with Gasteiger partial charge < -0.3 is 9.47 Å². The van der Waals surface area contributed by atoms with Gasteiger partial charge in [-0.15, -0.1) is 11.3 Å². The average molecular weight is 813 g/mol. The molecule has 0 saturated heterocycles. The Bertz CT molecular complexity index is 3560. The molecule has 62 heavy (non-hydrogen) atoms. The van der Waals surface area contributed by atoms with Gasteiger partial charge in [-0.1, -0.05) is 123 Å². The number of hydrogen-bond donors (Lipinski definition) is 0. The summed E-state index contributed by atoms with van der Waals surface area (Å²) in [5.41, 5.74) is 19.7. The van der Waals surface area contributed by atoms with Crippen LogP contribution in [0.3, 0.4) is 0 Å². The monoisotopic (exact) mass is 812 g/mol. The number of aryl methyl sites for hydroxylation is 2. The molecule has 0 spiro atoms. The zero-order chi connectivity index (χ0) is 41.7. The summed E-state index contributed by atoms with van der Waals surface area (Å²) in [6, 6.07) is 72.5. The maximum absolute atomic E-state index is 2.42. The van der Waals surface area contributed by atoms with E-state index in [-0.39, 0.29) is 5.41 Å². The van der Waals surface area contributed by atoms with Crippen LogP contribution in [0, 0.1) is 13.8 Å². The number of thiophene rings is 1. The van der Waals surface area contributed by atoms with Crippen molar-refractivity contribution in [2.45, 2.75) is 33.1 Å². The average Bonchev–Trinajstić information content (AvgIpc) is 3.91. The molecular formula is C59H44N2S. The highest BCUT2D eigenvalue weighted by atomic mass is 32.1. The first-order valence-corrected chi connectivity index (χ1v) is 22.4. The molecule has 0 atom stereocenters. The predicted molar refractivity (Wildman–Crippen MR) is 266 cm³/mol. The van der Waals surface area contributed by atoms with Crippen molar-refractivity contribution >= 4 is 70.4 Å². The zero-order valence-electron chi connectivity index (χ0n) is 35.3. The molecule has 2 heterocycles. The van der Waals surface area contributed by atoms with E-state index in [4.69, 9.17) is 0 Å². The van der Waals surface area contributed by atoms with Crippen LogP contribution in [-0.4, -0.2) is 4.57 Å². The molecule has 2 nitrogen and oxygen atoms in total. The Kier molecular flexibility index (Phi) is 8.23. The Labute approximate surface area is 366 Å². The molecule has 0 unspecified atom stereocenters. The molecule has 2 aromatic heterocycles. The molecule has 0 saturated carbocycles. The summed E-state index contributed by atoms with van der Waals surface area (Å²) in [5.74, 6) is 0. The van der Waals surface area contributed by atoms with Crippen LogP contribution in [0.25, 0.3) is 81.0 Å². The summed E-state index contributed by atoms with van der Waals surface area (Å²) in [6.07, 6.45) is 0. The summed E-state index contributed by atoms with van der Waals surface area (Å²) < 4.78 is 5.07. The van der Waals surface area contributed by atoms with Crippen molar-refractivity contribution in [2.75, 3.05) is 4.90 Å². The van der Waals surface area contributed by atoms with E-state index < -0.39 is 0 Å². The molecule has 1 aliphatic carbocycles. The lowest BCUT2D eigenvalue weighted by molar-refractivity contribution is 0.660. The number of fused-ring (bicyclic) bond motifs is 9. The van der Waals surface area contributed by atoms with Crippen LogP contribution in [0.2, 0.25) is 0 Å². The Morgan fingerprint density at radius 2 is 0.984 bits per heavy atom. The van der Waals surface area contributed by atoms with Crippen LogP contribution in [0.1, 0.15) is 36.1 Å². The first-order valence-electron chi connectivity index (χ1n) is 21.6. The number of rotatable bonds is 6. The smallest absolute Gasteiger partial charge is 0.0541 e. The van der Waals surface area contributed by atoms with Gasteiger partial charge in [-0.3, -0.25) is 0 Å². The fraction of sp³-hybridized carbons (Fsp3) is 0.0847. The third-order valence-corrected chi connectivity index (χ3v) is 14.5. The SMILES string of the molecule is Cc1cccc(-n2c3ccc(C)cc3c3cc(-c4ccc(N(c5ccc(-c6ccc7sc8ccccc8c7c6)cc5)c5ccc6c(c5)C(C)(C)c5ccccc5-6)cc4)ccc32)c1. The maximum atomic E-state index is 2.42. The Balaban J connectivity index is 0.955. The predicted octanol–water partition coefficient (Wildman–Crippen LogP) is 16.9. The van der Waals surface area contributed by atoms with Crippen molar-refractivity contribution < 1.29 is 0 Å². The van der Waals surface area contributed by atoms with E-state index in [1.807, 2.05) is 11.3 Å². The van der Waals surface area contributed by atoms with Gasteiger partial charge in [-0.25, -0.2) is 0 Å². The highest BCUT2D eigenvalue weighted by Gasteiger charge is 2.35. The third kappa shape index (κ3) is 5.76. The maximum Gasteiger partial charge on any atom is 0.0541 e. The number of benzene rings is 9. The summed E-state index contributed by atoms with van der Waals surface area (Å²) in [4.78, 5) is 2.42. The number of anilines is 3. The van der Waals surface area contributed by atoms with Gasteiger partial charge in [0.05, 0.1) is 11.0 Å². The fourth-order valence-corrected chi connectivity index (χ4v) is 11.2. The van der Waals surface area contributed by atoms with E-state index in [1.165, 1.54) is 103 Å². The normalized spacial score (nSPS) is 13.0. The first-order chi connectivity index (χ1) is 30.3. The second-order valence-corrected chi connectivity index (χ2v) is 18.6. The van der Waals surface area contributed by atoms with E-state index in [0.29, 0.717) is 0 Å². The third-order valence-electron chi connectivity index (χ3n) is 13.3. The molecule has 0 amide bonds. The zero-order valence-corrected chi connectivity index (χ0v) is 36.1. The molecule has 0 radical (unpaired) electrons. The number of aromatic nitrogens is 1. The van der Waals surface area contributed by atoms with Crippen molar-refractivity contribution in [3.8, 4) is 39.1 Å². The second kappa shape index (κ2) is 13.9. The molecule has 0 aliphatic heterocycles. The van der Waals surface area contributed by atoms with Crippen molar-refractivity contribution in [1.29, 1.82) is 0 Å². The van der Waals surface area contributed by atoms with Crippen LogP contribution < -0.4 is 4.90 Å². The summed E-state index contributed by atoms with van der Waals surface area (Å²) >= 11 is 1.86. The van der Waals surface area contributed by atoms with Gasteiger partial charge in [0.2, 0.25) is 0 Å². The molecule has 296 valence electrons. The molecular weight excluding hydrogens is 769 g/mol. The Hall–Kier alpha value is -7.20. The number of hydrogen-bond acceptors (Lipinski definition) is 2. The minimum absolute atomic E-state index is 0.106. The van der Waals surface area contributed by atoms with Crippen LogP contribution in [0.4, 0.5) is 17.1 Å². The molecule has 12 rings (SSSR count). The quantitative estimate of drug-likeness (QED) is 0.162. The second-order valence-electron chi connectivity index (χ2n) is 17.6. The van der Waals surface area contributed by atoms with Crippen LogP contribution in [0.5, 0.6) is 0 Å². The fourth-order valence-electron chi connectivity index (χ4n) is 10.2. The van der Waals surface area contributed by atoms with Crippen molar-refractivity contribution in [2.24, 2.45) is 0 Å². The van der Waals surface area contributed by atoms with E-state index >= 15 is 0 Å². The van der Waals surface area contributed by atoms with E-state index in [0.717, 1.165) is 17.1 Å². The van der Waals surface area contributed by atoms with Crippen LogP contribution >= 0.6 is 11.3 Å². The highest BCUT2D eigenvalue weighted by molar-refractivity contribution is 7.25. The Morgan fingerprint density at radius 1 is 0.403 bits per heavy atom. The van der Waals surface area contributed by atoms with E-state index in [9.17, 15) is 0 Å². The van der Waals surface area contributed by atoms with E-state index in [2.05, 4.69) is 231 Å². The lowest BCUT2D eigenvalue weighted by Gasteiger charge is -2.28. The number of nitrogens with zero attached hydrogens (tertiary/aromatic N) is 2. The minimum atomic E-state index is -0.106. The van der Waals surface area contributed by atoms with Gasteiger partial charge in [-0.05, 0) is 155 Å². The van der Waals surface area contributed by atoms with Crippen molar-refractivity contribution in [3.05, 3.63) is 216 Å². The minimum Gasteiger partial charge on any atom is -0.310 e. The van der Waals surface area contributed by atoms with Gasteiger partial charge in [-0.2, -0.15) is 0 Å². The highest BCUT2D eigenvalue weighted by Crippen LogP contribution is 2.51. The van der Waals surface area contributed by atoms with Gasteiger partial charge in [0.15, 0.2) is 0 Å². The lowest BCUT2D eigenvalue weighted by Crippen LogP contribution is -2.16. The summed E-state index contributed by atoms with van der Waals surface area (Å²) in [5, 5.41) is 5.19. The van der Waals surface area contributed by atoms with Gasteiger partial charge in [0.1, 0.15) is 0 Å². The summed E-state index contributed by atoms with van der Waals surface area (Å²) in [7, 11) is 0. The lowest BCUT2D eigenvalue weighted by atomic mass is 9.82. The largest absolute Gasteiger partial charge is 0.310 e. The molecule has 9 aromatic carbocycles. The van der Waals surface area contributed by atoms with E-state index in [1.54, 1.807) is 0 Å². The standard InChI is InChI=1S/C59H44N2S/c1-37-10-9-11-45(32-37)61-55-29-16-38(2)33-50(55)51-34-41(21-30-56(51)61)39-17-23-43(24-18-39)60(46-27-28-48-47-12-5-7-14-53(47)59(3,4)54(48)36-46)44-25-19-40(20-26-44)42-22-31-58-52(35-42)49-13-6-8-15-57(49)62-58/h5-36H,1-4H3. The molecule has 0 bridgehead atoms.